The van der Waals surface area contributed by atoms with Crippen molar-refractivity contribution in [1.29, 1.82) is 0 Å². The molecule has 0 amide bonds. The maximum atomic E-state index is 5.16. The first-order valence-electron chi connectivity index (χ1n) is 6.43. The van der Waals surface area contributed by atoms with Gasteiger partial charge in [-0.15, -0.1) is 0 Å². The first-order valence-corrected chi connectivity index (χ1v) is 7.23. The molecule has 2 rings (SSSR count). The Morgan fingerprint density at radius 3 is 2.78 bits per heavy atom. The number of methoxy groups -OCH3 is 1. The van der Waals surface area contributed by atoms with Gasteiger partial charge >= 0.3 is 0 Å². The molecule has 1 fully saturated rings. The van der Waals surface area contributed by atoms with Gasteiger partial charge in [0.2, 0.25) is 11.8 Å². The van der Waals surface area contributed by atoms with Crippen molar-refractivity contribution >= 4 is 21.9 Å². The Hall–Kier alpha value is -0.840. The minimum Gasteiger partial charge on any atom is -0.480 e. The molecule has 1 aliphatic rings. The zero-order chi connectivity index (χ0) is 13.0. The molecule has 0 aromatic carbocycles. The Labute approximate surface area is 117 Å². The van der Waals surface area contributed by atoms with E-state index in [-0.39, 0.29) is 0 Å². The number of rotatable bonds is 4. The SMILES string of the molecule is COc1nc(NCC2(C)CCCCC2)ncc1Br. The number of hydrogen-bond donors (Lipinski definition) is 1. The summed E-state index contributed by atoms with van der Waals surface area (Å²) in [6, 6.07) is 0. The van der Waals surface area contributed by atoms with Gasteiger partial charge in [0.15, 0.2) is 0 Å². The van der Waals surface area contributed by atoms with Crippen molar-refractivity contribution < 1.29 is 4.74 Å². The molecule has 5 heteroatoms. The predicted molar refractivity (Wildman–Crippen MR) is 76.0 cm³/mol. The number of aromatic nitrogens is 2. The second-order valence-corrected chi connectivity index (χ2v) is 6.13. The lowest BCUT2D eigenvalue weighted by Gasteiger charge is -2.33. The Morgan fingerprint density at radius 2 is 2.11 bits per heavy atom. The lowest BCUT2D eigenvalue weighted by molar-refractivity contribution is 0.233. The molecule has 0 bridgehead atoms. The molecule has 0 saturated heterocycles. The summed E-state index contributed by atoms with van der Waals surface area (Å²) in [5, 5.41) is 3.33. The lowest BCUT2D eigenvalue weighted by atomic mass is 9.76. The number of ether oxygens (including phenoxy) is 1. The van der Waals surface area contributed by atoms with Gasteiger partial charge in [-0.2, -0.15) is 4.98 Å². The van der Waals surface area contributed by atoms with Crippen molar-refractivity contribution in [3.63, 3.8) is 0 Å². The first-order chi connectivity index (χ1) is 8.63. The van der Waals surface area contributed by atoms with Crippen molar-refractivity contribution in [3.8, 4) is 5.88 Å². The van der Waals surface area contributed by atoms with Crippen LogP contribution in [0.4, 0.5) is 5.95 Å². The Kier molecular flexibility index (Phi) is 4.43. The van der Waals surface area contributed by atoms with Crippen LogP contribution in [0.2, 0.25) is 0 Å². The summed E-state index contributed by atoms with van der Waals surface area (Å²) < 4.78 is 5.94. The lowest BCUT2D eigenvalue weighted by Crippen LogP contribution is -2.29. The quantitative estimate of drug-likeness (QED) is 0.922. The van der Waals surface area contributed by atoms with E-state index in [2.05, 4.69) is 38.1 Å². The normalized spacial score (nSPS) is 18.4. The second kappa shape index (κ2) is 5.87. The maximum absolute atomic E-state index is 5.16. The highest BCUT2D eigenvalue weighted by Gasteiger charge is 2.26. The summed E-state index contributed by atoms with van der Waals surface area (Å²) in [4.78, 5) is 8.57. The molecule has 1 aliphatic carbocycles. The molecule has 0 unspecified atom stereocenters. The third-order valence-electron chi connectivity index (χ3n) is 3.64. The highest BCUT2D eigenvalue weighted by atomic mass is 79.9. The smallest absolute Gasteiger partial charge is 0.232 e. The zero-order valence-corrected chi connectivity index (χ0v) is 12.6. The van der Waals surface area contributed by atoms with Gasteiger partial charge in [0, 0.05) is 6.54 Å². The Morgan fingerprint density at radius 1 is 1.39 bits per heavy atom. The molecule has 0 radical (unpaired) electrons. The van der Waals surface area contributed by atoms with Gasteiger partial charge in [-0.25, -0.2) is 4.98 Å². The van der Waals surface area contributed by atoms with Gasteiger partial charge in [-0.3, -0.25) is 0 Å². The number of anilines is 1. The van der Waals surface area contributed by atoms with E-state index < -0.39 is 0 Å². The molecule has 0 aliphatic heterocycles. The molecular weight excluding hydrogens is 294 g/mol. The van der Waals surface area contributed by atoms with Crippen LogP contribution in [0.15, 0.2) is 10.7 Å². The minimum atomic E-state index is 0.377. The molecule has 0 atom stereocenters. The summed E-state index contributed by atoms with van der Waals surface area (Å²) in [5.41, 5.74) is 0.377. The van der Waals surface area contributed by atoms with Crippen LogP contribution >= 0.6 is 15.9 Å². The average molecular weight is 314 g/mol. The van der Waals surface area contributed by atoms with Crippen LogP contribution < -0.4 is 10.1 Å². The van der Waals surface area contributed by atoms with Crippen LogP contribution in [0.1, 0.15) is 39.0 Å². The van der Waals surface area contributed by atoms with Gasteiger partial charge in [-0.1, -0.05) is 26.2 Å². The fourth-order valence-electron chi connectivity index (χ4n) is 2.45. The molecule has 1 N–H and O–H groups in total. The largest absolute Gasteiger partial charge is 0.480 e. The van der Waals surface area contributed by atoms with E-state index in [9.17, 15) is 0 Å². The van der Waals surface area contributed by atoms with Crippen molar-refractivity contribution in [2.24, 2.45) is 5.41 Å². The topological polar surface area (TPSA) is 47.0 Å². The fourth-order valence-corrected chi connectivity index (χ4v) is 2.81. The standard InChI is InChI=1S/C13H20BrN3O/c1-13(6-4-3-5-7-13)9-16-12-15-8-10(14)11(17-12)18-2/h8H,3-7,9H2,1-2H3,(H,15,16,17). The van der Waals surface area contributed by atoms with Crippen LogP contribution in [0.3, 0.4) is 0 Å². The van der Waals surface area contributed by atoms with Crippen molar-refractivity contribution in [2.45, 2.75) is 39.0 Å². The maximum Gasteiger partial charge on any atom is 0.232 e. The van der Waals surface area contributed by atoms with Crippen LogP contribution in [-0.2, 0) is 0 Å². The number of halogens is 1. The molecule has 1 aromatic rings. The van der Waals surface area contributed by atoms with E-state index in [0.29, 0.717) is 17.2 Å². The summed E-state index contributed by atoms with van der Waals surface area (Å²) in [7, 11) is 1.61. The Bertz CT molecular complexity index is 405. The van der Waals surface area contributed by atoms with Crippen molar-refractivity contribution in [2.75, 3.05) is 19.0 Å². The zero-order valence-electron chi connectivity index (χ0n) is 11.0. The molecular formula is C13H20BrN3O. The van der Waals surface area contributed by atoms with Crippen LogP contribution in [0.25, 0.3) is 0 Å². The molecule has 0 spiro atoms. The minimum absolute atomic E-state index is 0.377. The van der Waals surface area contributed by atoms with Crippen molar-refractivity contribution in [1.82, 2.24) is 9.97 Å². The molecule has 1 saturated carbocycles. The van der Waals surface area contributed by atoms with Crippen LogP contribution in [0, 0.1) is 5.41 Å². The van der Waals surface area contributed by atoms with E-state index in [4.69, 9.17) is 4.74 Å². The van der Waals surface area contributed by atoms with Gasteiger partial charge < -0.3 is 10.1 Å². The highest BCUT2D eigenvalue weighted by Crippen LogP contribution is 2.35. The number of nitrogens with one attached hydrogen (secondary N) is 1. The highest BCUT2D eigenvalue weighted by molar-refractivity contribution is 9.10. The number of hydrogen-bond acceptors (Lipinski definition) is 4. The van der Waals surface area contributed by atoms with E-state index in [1.807, 2.05) is 0 Å². The molecule has 100 valence electrons. The van der Waals surface area contributed by atoms with Crippen LogP contribution in [0.5, 0.6) is 5.88 Å². The molecule has 4 nitrogen and oxygen atoms in total. The van der Waals surface area contributed by atoms with E-state index in [1.165, 1.54) is 32.1 Å². The summed E-state index contributed by atoms with van der Waals surface area (Å²) in [6.07, 6.45) is 8.34. The Balaban J connectivity index is 1.97. The third-order valence-corrected chi connectivity index (χ3v) is 4.18. The summed E-state index contributed by atoms with van der Waals surface area (Å²) in [5.74, 6) is 1.21. The van der Waals surface area contributed by atoms with Crippen molar-refractivity contribution in [3.05, 3.63) is 10.7 Å². The van der Waals surface area contributed by atoms with Crippen LogP contribution in [-0.4, -0.2) is 23.6 Å². The number of nitrogens with zero attached hydrogens (tertiary/aromatic N) is 2. The van der Waals surface area contributed by atoms with Gasteiger partial charge in [0.05, 0.1) is 17.8 Å². The average Bonchev–Trinajstić information content (AvgIpc) is 2.39. The third kappa shape index (κ3) is 3.34. The predicted octanol–water partition coefficient (Wildman–Crippen LogP) is 3.63. The molecule has 1 aromatic heterocycles. The van der Waals surface area contributed by atoms with Gasteiger partial charge in [0.1, 0.15) is 0 Å². The van der Waals surface area contributed by atoms with Gasteiger partial charge in [-0.05, 0) is 34.2 Å². The van der Waals surface area contributed by atoms with E-state index in [1.54, 1.807) is 13.3 Å². The van der Waals surface area contributed by atoms with E-state index >= 15 is 0 Å². The summed E-state index contributed by atoms with van der Waals surface area (Å²) in [6.45, 7) is 3.27. The molecule has 1 heterocycles. The second-order valence-electron chi connectivity index (χ2n) is 5.28. The van der Waals surface area contributed by atoms with E-state index in [0.717, 1.165) is 11.0 Å². The summed E-state index contributed by atoms with van der Waals surface area (Å²) >= 11 is 3.35. The molecule has 18 heavy (non-hydrogen) atoms. The monoisotopic (exact) mass is 313 g/mol. The first kappa shape index (κ1) is 13.6. The van der Waals surface area contributed by atoms with Gasteiger partial charge in [0.25, 0.3) is 0 Å². The fraction of sp³-hybridized carbons (Fsp3) is 0.692.